The van der Waals surface area contributed by atoms with Crippen LogP contribution < -0.4 is 5.73 Å². The maximum absolute atomic E-state index is 12.9. The van der Waals surface area contributed by atoms with E-state index in [1.165, 1.54) is 6.07 Å². The molecule has 0 saturated carbocycles. The van der Waals surface area contributed by atoms with Crippen molar-refractivity contribution in [2.45, 2.75) is 39.4 Å². The van der Waals surface area contributed by atoms with E-state index >= 15 is 0 Å². The topological polar surface area (TPSA) is 47.1 Å². The molecule has 0 radical (unpaired) electrons. The highest BCUT2D eigenvalue weighted by Crippen LogP contribution is 2.31. The van der Waals surface area contributed by atoms with Crippen molar-refractivity contribution in [3.8, 4) is 0 Å². The third-order valence-electron chi connectivity index (χ3n) is 4.27. The first-order valence-corrected chi connectivity index (χ1v) is 8.39. The van der Waals surface area contributed by atoms with Gasteiger partial charge >= 0.3 is 6.18 Å². The van der Waals surface area contributed by atoms with E-state index in [4.69, 9.17) is 5.73 Å². The maximum Gasteiger partial charge on any atom is 0.416 e. The zero-order valence-electron chi connectivity index (χ0n) is 14.2. The number of rotatable bonds is 8. The van der Waals surface area contributed by atoms with Crippen LogP contribution in [0.15, 0.2) is 18.2 Å². The molecule has 2 aromatic rings. The summed E-state index contributed by atoms with van der Waals surface area (Å²) < 4.78 is 40.6. The van der Waals surface area contributed by atoms with Crippen molar-refractivity contribution in [1.29, 1.82) is 0 Å². The quantitative estimate of drug-likeness (QED) is 0.801. The second-order valence-corrected chi connectivity index (χ2v) is 5.80. The summed E-state index contributed by atoms with van der Waals surface area (Å²) >= 11 is 0. The van der Waals surface area contributed by atoms with Crippen molar-refractivity contribution >= 4 is 11.0 Å². The molecule has 2 N–H and O–H groups in total. The van der Waals surface area contributed by atoms with Gasteiger partial charge < -0.3 is 15.2 Å². The Morgan fingerprint density at radius 2 is 1.92 bits per heavy atom. The molecule has 2 rings (SSSR count). The summed E-state index contributed by atoms with van der Waals surface area (Å²) in [5, 5.41) is 0. The Morgan fingerprint density at radius 1 is 1.21 bits per heavy atom. The van der Waals surface area contributed by atoms with Crippen LogP contribution in [0.5, 0.6) is 0 Å². The summed E-state index contributed by atoms with van der Waals surface area (Å²) in [4.78, 5) is 6.71. The summed E-state index contributed by atoms with van der Waals surface area (Å²) in [6.07, 6.45) is -2.87. The minimum absolute atomic E-state index is 0.385. The minimum Gasteiger partial charge on any atom is -0.330 e. The maximum atomic E-state index is 12.9. The number of fused-ring (bicyclic) bond motifs is 1. The van der Waals surface area contributed by atoms with E-state index in [2.05, 4.69) is 23.7 Å². The molecule has 1 heterocycles. The Balaban J connectivity index is 2.27. The molecule has 0 bridgehead atoms. The van der Waals surface area contributed by atoms with Gasteiger partial charge in [-0.15, -0.1) is 0 Å². The van der Waals surface area contributed by atoms with E-state index in [-0.39, 0.29) is 0 Å². The highest BCUT2D eigenvalue weighted by atomic mass is 19.4. The molecule has 0 aliphatic carbocycles. The van der Waals surface area contributed by atoms with Crippen LogP contribution in [0.4, 0.5) is 13.2 Å². The lowest BCUT2D eigenvalue weighted by Gasteiger charge is -2.18. The van der Waals surface area contributed by atoms with Gasteiger partial charge in [0, 0.05) is 13.0 Å². The van der Waals surface area contributed by atoms with Crippen LogP contribution in [0.2, 0.25) is 0 Å². The van der Waals surface area contributed by atoms with Gasteiger partial charge in [0.25, 0.3) is 0 Å². The smallest absolute Gasteiger partial charge is 0.330 e. The SMILES string of the molecule is CCN(CC)CCCn1c(CCN)nc2cc(C(F)(F)F)ccc21. The van der Waals surface area contributed by atoms with Crippen LogP contribution in [0.1, 0.15) is 31.7 Å². The predicted octanol–water partition coefficient (Wildman–Crippen LogP) is 3.29. The third kappa shape index (κ3) is 4.27. The summed E-state index contributed by atoms with van der Waals surface area (Å²) in [6.45, 7) is 8.33. The number of hydrogen-bond acceptors (Lipinski definition) is 3. The van der Waals surface area contributed by atoms with Gasteiger partial charge in [0.2, 0.25) is 0 Å². The Morgan fingerprint density at radius 3 is 2.50 bits per heavy atom. The molecule has 4 nitrogen and oxygen atoms in total. The zero-order valence-corrected chi connectivity index (χ0v) is 14.2. The van der Waals surface area contributed by atoms with E-state index in [0.717, 1.165) is 56.1 Å². The Kier molecular flexibility index (Phi) is 6.23. The summed E-state index contributed by atoms with van der Waals surface area (Å²) in [7, 11) is 0. The van der Waals surface area contributed by atoms with Crippen LogP contribution in [-0.4, -0.2) is 40.6 Å². The molecule has 0 amide bonds. The molecule has 24 heavy (non-hydrogen) atoms. The van der Waals surface area contributed by atoms with E-state index in [9.17, 15) is 13.2 Å². The van der Waals surface area contributed by atoms with Gasteiger partial charge in [0.1, 0.15) is 5.82 Å². The van der Waals surface area contributed by atoms with Crippen LogP contribution in [0, 0.1) is 0 Å². The van der Waals surface area contributed by atoms with E-state index in [0.29, 0.717) is 18.5 Å². The molecule has 0 unspecified atom stereocenters. The Bertz CT molecular complexity index is 660. The number of alkyl halides is 3. The number of imidazole rings is 1. The number of aromatic nitrogens is 2. The minimum atomic E-state index is -4.35. The van der Waals surface area contributed by atoms with Crippen LogP contribution in [0.25, 0.3) is 11.0 Å². The normalized spacial score (nSPS) is 12.5. The molecule has 134 valence electrons. The fourth-order valence-electron chi connectivity index (χ4n) is 2.92. The molecular formula is C17H25F3N4. The Labute approximate surface area is 140 Å². The molecule has 0 aliphatic heterocycles. The summed E-state index contributed by atoms with van der Waals surface area (Å²) in [5.74, 6) is 0.756. The zero-order chi connectivity index (χ0) is 17.7. The van der Waals surface area contributed by atoms with Crippen molar-refractivity contribution in [2.24, 2.45) is 5.73 Å². The average molecular weight is 342 g/mol. The van der Waals surface area contributed by atoms with Gasteiger partial charge in [-0.3, -0.25) is 0 Å². The molecule has 0 fully saturated rings. The number of aryl methyl sites for hydroxylation is 1. The molecule has 1 aromatic carbocycles. The van der Waals surface area contributed by atoms with Crippen LogP contribution in [-0.2, 0) is 19.1 Å². The number of halogens is 3. The van der Waals surface area contributed by atoms with Crippen molar-refractivity contribution in [2.75, 3.05) is 26.2 Å². The van der Waals surface area contributed by atoms with Gasteiger partial charge in [-0.1, -0.05) is 13.8 Å². The number of benzene rings is 1. The largest absolute Gasteiger partial charge is 0.416 e. The van der Waals surface area contributed by atoms with Gasteiger partial charge in [-0.05, 0) is 50.8 Å². The van der Waals surface area contributed by atoms with Crippen LogP contribution >= 0.6 is 0 Å². The molecule has 0 saturated heterocycles. The number of nitrogens with zero attached hydrogens (tertiary/aromatic N) is 3. The van der Waals surface area contributed by atoms with Gasteiger partial charge in [-0.2, -0.15) is 13.2 Å². The summed E-state index contributed by atoms with van der Waals surface area (Å²) in [6, 6.07) is 3.76. The summed E-state index contributed by atoms with van der Waals surface area (Å²) in [5.41, 5.74) is 6.09. The second-order valence-electron chi connectivity index (χ2n) is 5.80. The van der Waals surface area contributed by atoms with E-state index in [1.807, 2.05) is 4.57 Å². The highest BCUT2D eigenvalue weighted by Gasteiger charge is 2.31. The van der Waals surface area contributed by atoms with E-state index < -0.39 is 11.7 Å². The number of nitrogens with two attached hydrogens (primary N) is 1. The highest BCUT2D eigenvalue weighted by molar-refractivity contribution is 5.77. The lowest BCUT2D eigenvalue weighted by molar-refractivity contribution is -0.137. The standard InChI is InChI=1S/C17H25F3N4/c1-3-23(4-2)10-5-11-24-15-7-6-13(17(18,19)20)12-14(15)22-16(24)8-9-21/h6-7,12H,3-5,8-11,21H2,1-2H3. The predicted molar refractivity (Wildman–Crippen MR) is 89.9 cm³/mol. The van der Waals surface area contributed by atoms with Crippen LogP contribution in [0.3, 0.4) is 0 Å². The molecule has 0 atom stereocenters. The molecule has 7 heteroatoms. The van der Waals surface area contributed by atoms with E-state index in [1.54, 1.807) is 0 Å². The first-order chi connectivity index (χ1) is 11.4. The van der Waals surface area contributed by atoms with Gasteiger partial charge in [-0.25, -0.2) is 4.98 Å². The molecule has 0 aliphatic rings. The Hall–Kier alpha value is -1.60. The monoisotopic (exact) mass is 342 g/mol. The van der Waals surface area contributed by atoms with Crippen molar-refractivity contribution in [3.63, 3.8) is 0 Å². The first-order valence-electron chi connectivity index (χ1n) is 8.39. The molecule has 0 spiro atoms. The van der Waals surface area contributed by atoms with Gasteiger partial charge in [0.15, 0.2) is 0 Å². The molecule has 1 aromatic heterocycles. The first kappa shape index (κ1) is 18.7. The fourth-order valence-corrected chi connectivity index (χ4v) is 2.92. The van der Waals surface area contributed by atoms with Crippen molar-refractivity contribution in [3.05, 3.63) is 29.6 Å². The van der Waals surface area contributed by atoms with Crippen molar-refractivity contribution < 1.29 is 13.2 Å². The van der Waals surface area contributed by atoms with Crippen molar-refractivity contribution in [1.82, 2.24) is 14.5 Å². The lowest BCUT2D eigenvalue weighted by Crippen LogP contribution is -2.25. The van der Waals surface area contributed by atoms with Gasteiger partial charge in [0.05, 0.1) is 16.6 Å². The fraction of sp³-hybridized carbons (Fsp3) is 0.588. The number of hydrogen-bond donors (Lipinski definition) is 1. The third-order valence-corrected chi connectivity index (χ3v) is 4.27. The average Bonchev–Trinajstić information content (AvgIpc) is 2.88. The molecular weight excluding hydrogens is 317 g/mol. The second kappa shape index (κ2) is 7.98. The lowest BCUT2D eigenvalue weighted by atomic mass is 10.2.